The van der Waals surface area contributed by atoms with Crippen molar-refractivity contribution in [1.29, 1.82) is 0 Å². The molecule has 1 aromatic heterocycles. The van der Waals surface area contributed by atoms with Gasteiger partial charge in [-0.05, 0) is 65.6 Å². The number of carbonyl (C=O) groups excluding carboxylic acids is 1. The largest absolute Gasteiger partial charge is 0.444 e. The van der Waals surface area contributed by atoms with E-state index in [0.29, 0.717) is 19.2 Å². The van der Waals surface area contributed by atoms with Crippen LogP contribution in [0.4, 0.5) is 4.79 Å². The molecule has 0 spiro atoms. The fraction of sp³-hybridized carbons (Fsp3) is 0.826. The molecule has 1 atom stereocenters. The van der Waals surface area contributed by atoms with Crippen molar-refractivity contribution in [1.82, 2.24) is 19.8 Å². The van der Waals surface area contributed by atoms with Gasteiger partial charge in [-0.3, -0.25) is 4.90 Å². The Bertz CT molecular complexity index is 732. The van der Waals surface area contributed by atoms with E-state index >= 15 is 0 Å². The second kappa shape index (κ2) is 10.0. The second-order valence-corrected chi connectivity index (χ2v) is 16.8. The van der Waals surface area contributed by atoms with E-state index in [1.807, 2.05) is 31.9 Å². The van der Waals surface area contributed by atoms with Crippen LogP contribution in [0.5, 0.6) is 0 Å². The van der Waals surface area contributed by atoms with Gasteiger partial charge in [0.2, 0.25) is 0 Å². The van der Waals surface area contributed by atoms with Gasteiger partial charge in [0.25, 0.3) is 0 Å². The van der Waals surface area contributed by atoms with E-state index in [0.717, 1.165) is 57.2 Å². The molecule has 2 saturated heterocycles. The first-order valence-electron chi connectivity index (χ1n) is 11.9. The van der Waals surface area contributed by atoms with Crippen molar-refractivity contribution in [2.75, 3.05) is 26.2 Å². The maximum Gasteiger partial charge on any atom is 0.410 e. The highest BCUT2D eigenvalue weighted by Crippen LogP contribution is 2.35. The van der Waals surface area contributed by atoms with Crippen LogP contribution in [0, 0.1) is 0 Å². The Labute approximate surface area is 188 Å². The number of nitrogens with zero attached hydrogens (tertiary/aromatic N) is 3. The number of likely N-dealkylation sites (tertiary alicyclic amines) is 1. The van der Waals surface area contributed by atoms with Gasteiger partial charge in [0.15, 0.2) is 0 Å². The molecule has 0 bridgehead atoms. The second-order valence-electron chi connectivity index (χ2n) is 11.2. The summed E-state index contributed by atoms with van der Waals surface area (Å²) in [6.07, 6.45) is 5.89. The van der Waals surface area contributed by atoms with E-state index in [9.17, 15) is 4.79 Å². The molecule has 3 heterocycles. The summed E-state index contributed by atoms with van der Waals surface area (Å²) in [5, 5.41) is 3.45. The first kappa shape index (κ1) is 24.3. The molecule has 2 fully saturated rings. The maximum absolute atomic E-state index is 12.9. The SMILES string of the molecule is CC(C)(C)OC(=O)N1CCC[C@H]1c1ncc(C2CCNCC2)n1COCC[Si](C)(C)C. The Morgan fingerprint density at radius 3 is 2.58 bits per heavy atom. The van der Waals surface area contributed by atoms with Crippen LogP contribution in [0.15, 0.2) is 6.20 Å². The predicted octanol–water partition coefficient (Wildman–Crippen LogP) is 4.73. The third-order valence-corrected chi connectivity index (χ3v) is 7.77. The normalized spacial score (nSPS) is 21.0. The topological polar surface area (TPSA) is 68.6 Å². The highest BCUT2D eigenvalue weighted by Gasteiger charge is 2.36. The molecule has 1 N–H and O–H groups in total. The van der Waals surface area contributed by atoms with Gasteiger partial charge in [0.1, 0.15) is 18.2 Å². The maximum atomic E-state index is 12.9. The third-order valence-electron chi connectivity index (χ3n) is 6.07. The summed E-state index contributed by atoms with van der Waals surface area (Å²) in [6, 6.07) is 1.10. The molecule has 7 nitrogen and oxygen atoms in total. The quantitative estimate of drug-likeness (QED) is 0.480. The number of amides is 1. The summed E-state index contributed by atoms with van der Waals surface area (Å²) in [4.78, 5) is 19.6. The summed E-state index contributed by atoms with van der Waals surface area (Å²) < 4.78 is 14.1. The lowest BCUT2D eigenvalue weighted by Gasteiger charge is -2.29. The Kier molecular flexibility index (Phi) is 7.86. The molecule has 0 radical (unpaired) electrons. The zero-order valence-corrected chi connectivity index (χ0v) is 21.4. The van der Waals surface area contributed by atoms with Crippen LogP contribution in [-0.2, 0) is 16.2 Å². The van der Waals surface area contributed by atoms with E-state index in [2.05, 4.69) is 29.5 Å². The molecule has 0 unspecified atom stereocenters. The van der Waals surface area contributed by atoms with Crippen molar-refractivity contribution in [3.05, 3.63) is 17.7 Å². The number of piperidine rings is 1. The lowest BCUT2D eigenvalue weighted by Crippen LogP contribution is -2.37. The first-order valence-corrected chi connectivity index (χ1v) is 15.6. The van der Waals surface area contributed by atoms with Crippen LogP contribution in [0.25, 0.3) is 0 Å². The number of nitrogens with one attached hydrogen (secondary N) is 1. The monoisotopic (exact) mass is 450 g/mol. The number of carbonyl (C=O) groups is 1. The number of imidazole rings is 1. The molecule has 1 aromatic rings. The minimum Gasteiger partial charge on any atom is -0.444 e. The highest BCUT2D eigenvalue weighted by atomic mass is 28.3. The summed E-state index contributed by atoms with van der Waals surface area (Å²) in [5.41, 5.74) is 0.750. The van der Waals surface area contributed by atoms with Gasteiger partial charge in [-0.25, -0.2) is 9.78 Å². The molecular weight excluding hydrogens is 408 g/mol. The van der Waals surface area contributed by atoms with Crippen molar-refractivity contribution in [3.63, 3.8) is 0 Å². The minimum atomic E-state index is -1.14. The standard InChI is InChI=1S/C23H42N4O3Si/c1-23(2,3)30-22(28)26-13-7-8-19(26)21-25-16-20(18-9-11-24-12-10-18)27(21)17-29-14-15-31(4,5)6/h16,18-19,24H,7-15,17H2,1-6H3/t19-/m0/s1. The van der Waals surface area contributed by atoms with Crippen molar-refractivity contribution >= 4 is 14.2 Å². The van der Waals surface area contributed by atoms with Crippen LogP contribution < -0.4 is 5.32 Å². The lowest BCUT2D eigenvalue weighted by molar-refractivity contribution is 0.0202. The molecule has 31 heavy (non-hydrogen) atoms. The van der Waals surface area contributed by atoms with Crippen molar-refractivity contribution in [2.24, 2.45) is 0 Å². The Morgan fingerprint density at radius 2 is 1.94 bits per heavy atom. The Balaban J connectivity index is 1.80. The lowest BCUT2D eigenvalue weighted by atomic mass is 9.95. The van der Waals surface area contributed by atoms with Gasteiger partial charge in [0.05, 0.1) is 6.04 Å². The van der Waals surface area contributed by atoms with Crippen LogP contribution in [0.3, 0.4) is 0 Å². The molecule has 176 valence electrons. The molecule has 1 amide bonds. The third kappa shape index (κ3) is 6.80. The number of hydrogen-bond acceptors (Lipinski definition) is 5. The van der Waals surface area contributed by atoms with Crippen molar-refractivity contribution < 1.29 is 14.3 Å². The van der Waals surface area contributed by atoms with Gasteiger partial charge < -0.3 is 19.4 Å². The van der Waals surface area contributed by atoms with Crippen LogP contribution in [0.2, 0.25) is 25.7 Å². The van der Waals surface area contributed by atoms with Crippen LogP contribution in [0.1, 0.15) is 69.9 Å². The van der Waals surface area contributed by atoms with Gasteiger partial charge in [-0.15, -0.1) is 0 Å². The molecule has 0 aromatic carbocycles. The number of aromatic nitrogens is 2. The first-order chi connectivity index (χ1) is 14.6. The van der Waals surface area contributed by atoms with Crippen LogP contribution >= 0.6 is 0 Å². The predicted molar refractivity (Wildman–Crippen MR) is 126 cm³/mol. The Hall–Kier alpha value is -1.38. The number of hydrogen-bond donors (Lipinski definition) is 1. The average molecular weight is 451 g/mol. The van der Waals surface area contributed by atoms with Gasteiger partial charge in [0, 0.05) is 39.0 Å². The minimum absolute atomic E-state index is 0.0501. The zero-order valence-electron chi connectivity index (χ0n) is 20.4. The molecule has 3 rings (SSSR count). The summed E-state index contributed by atoms with van der Waals surface area (Å²) in [5.74, 6) is 1.43. The molecular formula is C23H42N4O3Si. The summed E-state index contributed by atoms with van der Waals surface area (Å²) in [7, 11) is -1.14. The molecule has 8 heteroatoms. The molecule has 0 saturated carbocycles. The van der Waals surface area contributed by atoms with E-state index in [4.69, 9.17) is 14.5 Å². The zero-order chi connectivity index (χ0) is 22.6. The van der Waals surface area contributed by atoms with Gasteiger partial charge >= 0.3 is 6.09 Å². The average Bonchev–Trinajstić information content (AvgIpc) is 3.30. The van der Waals surface area contributed by atoms with Gasteiger partial charge in [-0.1, -0.05) is 19.6 Å². The number of rotatable bonds is 7. The summed E-state index contributed by atoms with van der Waals surface area (Å²) in [6.45, 7) is 16.9. The van der Waals surface area contributed by atoms with Crippen LogP contribution in [-0.4, -0.2) is 60.5 Å². The van der Waals surface area contributed by atoms with E-state index < -0.39 is 13.7 Å². The highest BCUT2D eigenvalue weighted by molar-refractivity contribution is 6.76. The Morgan fingerprint density at radius 1 is 1.23 bits per heavy atom. The summed E-state index contributed by atoms with van der Waals surface area (Å²) >= 11 is 0. The number of ether oxygens (including phenoxy) is 2. The van der Waals surface area contributed by atoms with E-state index in [1.165, 1.54) is 5.69 Å². The van der Waals surface area contributed by atoms with E-state index in [-0.39, 0.29) is 12.1 Å². The van der Waals surface area contributed by atoms with E-state index in [1.54, 1.807) is 0 Å². The molecule has 2 aliphatic heterocycles. The molecule has 2 aliphatic rings. The van der Waals surface area contributed by atoms with Gasteiger partial charge in [-0.2, -0.15) is 0 Å². The molecule has 0 aliphatic carbocycles. The van der Waals surface area contributed by atoms with Crippen molar-refractivity contribution in [2.45, 2.75) is 96.4 Å². The smallest absolute Gasteiger partial charge is 0.410 e. The fourth-order valence-electron chi connectivity index (χ4n) is 4.36. The van der Waals surface area contributed by atoms with Crippen molar-refractivity contribution in [3.8, 4) is 0 Å². The fourth-order valence-corrected chi connectivity index (χ4v) is 5.12.